The SMILES string of the molecule is CC1(Cn2nnnc2CNC(C)(C)C)CCCCC1. The Labute approximate surface area is 116 Å². The van der Waals surface area contributed by atoms with Gasteiger partial charge in [0.2, 0.25) is 0 Å². The van der Waals surface area contributed by atoms with E-state index in [1.165, 1.54) is 32.1 Å². The highest BCUT2D eigenvalue weighted by Gasteiger charge is 2.28. The van der Waals surface area contributed by atoms with Gasteiger partial charge < -0.3 is 5.32 Å². The number of hydrogen-bond donors (Lipinski definition) is 1. The summed E-state index contributed by atoms with van der Waals surface area (Å²) < 4.78 is 1.99. The molecule has 0 unspecified atom stereocenters. The number of nitrogens with zero attached hydrogens (tertiary/aromatic N) is 4. The summed E-state index contributed by atoms with van der Waals surface area (Å²) in [5, 5.41) is 15.6. The van der Waals surface area contributed by atoms with Crippen molar-refractivity contribution in [3.8, 4) is 0 Å². The van der Waals surface area contributed by atoms with Crippen molar-refractivity contribution in [1.82, 2.24) is 25.5 Å². The van der Waals surface area contributed by atoms with Crippen molar-refractivity contribution in [1.29, 1.82) is 0 Å². The molecule has 19 heavy (non-hydrogen) atoms. The van der Waals surface area contributed by atoms with Crippen molar-refractivity contribution in [2.24, 2.45) is 5.41 Å². The molecule has 5 heteroatoms. The van der Waals surface area contributed by atoms with Crippen LogP contribution in [0, 0.1) is 5.41 Å². The van der Waals surface area contributed by atoms with Gasteiger partial charge in [0, 0.05) is 5.54 Å². The molecular weight excluding hydrogens is 238 g/mol. The normalized spacial score (nSPS) is 19.6. The maximum absolute atomic E-state index is 4.17. The van der Waals surface area contributed by atoms with Crippen LogP contribution >= 0.6 is 0 Å². The molecule has 0 spiro atoms. The molecule has 2 rings (SSSR count). The van der Waals surface area contributed by atoms with Crippen LogP contribution in [0.5, 0.6) is 0 Å². The third-order valence-electron chi connectivity index (χ3n) is 3.98. The minimum absolute atomic E-state index is 0.0888. The molecule has 0 aliphatic heterocycles. The molecule has 1 fully saturated rings. The van der Waals surface area contributed by atoms with E-state index in [-0.39, 0.29) is 5.54 Å². The molecule has 0 radical (unpaired) electrons. The van der Waals surface area contributed by atoms with Gasteiger partial charge in [-0.2, -0.15) is 0 Å². The van der Waals surface area contributed by atoms with Crippen LogP contribution in [0.25, 0.3) is 0 Å². The molecule has 0 atom stereocenters. The summed E-state index contributed by atoms with van der Waals surface area (Å²) in [6.07, 6.45) is 6.64. The Morgan fingerprint density at radius 2 is 1.89 bits per heavy atom. The zero-order chi connectivity index (χ0) is 13.9. The van der Waals surface area contributed by atoms with Gasteiger partial charge in [0.1, 0.15) is 0 Å². The first-order chi connectivity index (χ1) is 8.88. The molecule has 108 valence electrons. The molecule has 5 nitrogen and oxygen atoms in total. The Morgan fingerprint density at radius 3 is 2.53 bits per heavy atom. The van der Waals surface area contributed by atoms with Crippen LogP contribution < -0.4 is 5.32 Å². The fourth-order valence-corrected chi connectivity index (χ4v) is 2.74. The molecule has 0 aromatic carbocycles. The van der Waals surface area contributed by atoms with Crippen LogP contribution in [0.3, 0.4) is 0 Å². The number of tetrazole rings is 1. The largest absolute Gasteiger partial charge is 0.305 e. The average molecular weight is 265 g/mol. The molecule has 0 saturated heterocycles. The van der Waals surface area contributed by atoms with Crippen LogP contribution in [0.2, 0.25) is 0 Å². The topological polar surface area (TPSA) is 55.6 Å². The lowest BCUT2D eigenvalue weighted by Gasteiger charge is -2.33. The van der Waals surface area contributed by atoms with E-state index >= 15 is 0 Å². The molecule has 1 aliphatic rings. The van der Waals surface area contributed by atoms with E-state index in [9.17, 15) is 0 Å². The molecule has 1 aliphatic carbocycles. The summed E-state index contributed by atoms with van der Waals surface area (Å²) in [4.78, 5) is 0. The predicted octanol–water partition coefficient (Wildman–Crippen LogP) is 2.53. The fraction of sp³-hybridized carbons (Fsp3) is 0.929. The van der Waals surface area contributed by atoms with E-state index in [0.717, 1.165) is 18.9 Å². The quantitative estimate of drug-likeness (QED) is 0.909. The van der Waals surface area contributed by atoms with Crippen LogP contribution in [0.1, 0.15) is 65.6 Å². The zero-order valence-electron chi connectivity index (χ0n) is 12.7. The number of hydrogen-bond acceptors (Lipinski definition) is 4. The van der Waals surface area contributed by atoms with Crippen LogP contribution in [0.4, 0.5) is 0 Å². The third kappa shape index (κ3) is 4.27. The smallest absolute Gasteiger partial charge is 0.165 e. The Bertz CT molecular complexity index is 398. The predicted molar refractivity (Wildman–Crippen MR) is 75.6 cm³/mol. The lowest BCUT2D eigenvalue weighted by molar-refractivity contribution is 0.171. The van der Waals surface area contributed by atoms with Gasteiger partial charge in [-0.25, -0.2) is 4.68 Å². The van der Waals surface area contributed by atoms with Crippen molar-refractivity contribution in [2.75, 3.05) is 0 Å². The summed E-state index contributed by atoms with van der Waals surface area (Å²) in [6.45, 7) is 10.5. The van der Waals surface area contributed by atoms with E-state index < -0.39 is 0 Å². The summed E-state index contributed by atoms with van der Waals surface area (Å²) in [5.41, 5.74) is 0.454. The van der Waals surface area contributed by atoms with E-state index in [1.807, 2.05) is 4.68 Å². The highest BCUT2D eigenvalue weighted by molar-refractivity contribution is 4.87. The fourth-order valence-electron chi connectivity index (χ4n) is 2.74. The maximum atomic E-state index is 4.17. The van der Waals surface area contributed by atoms with Crippen molar-refractivity contribution < 1.29 is 0 Å². The zero-order valence-corrected chi connectivity index (χ0v) is 12.7. The Morgan fingerprint density at radius 1 is 1.21 bits per heavy atom. The summed E-state index contributed by atoms with van der Waals surface area (Å²) in [7, 11) is 0. The third-order valence-corrected chi connectivity index (χ3v) is 3.98. The molecule has 0 bridgehead atoms. The van der Waals surface area contributed by atoms with E-state index in [4.69, 9.17) is 0 Å². The van der Waals surface area contributed by atoms with Gasteiger partial charge in [-0.3, -0.25) is 0 Å². The van der Waals surface area contributed by atoms with Gasteiger partial charge in [0.25, 0.3) is 0 Å². The first-order valence-corrected chi connectivity index (χ1v) is 7.38. The second kappa shape index (κ2) is 5.57. The van der Waals surface area contributed by atoms with Crippen molar-refractivity contribution in [2.45, 2.75) is 78.4 Å². The Hall–Kier alpha value is -0.970. The number of rotatable bonds is 4. The highest BCUT2D eigenvalue weighted by Crippen LogP contribution is 2.37. The van der Waals surface area contributed by atoms with Crippen molar-refractivity contribution in [3.63, 3.8) is 0 Å². The second-order valence-electron chi connectivity index (χ2n) is 7.23. The average Bonchev–Trinajstić information content (AvgIpc) is 2.73. The van der Waals surface area contributed by atoms with Crippen molar-refractivity contribution >= 4 is 0 Å². The minimum atomic E-state index is 0.0888. The summed E-state index contributed by atoms with van der Waals surface area (Å²) in [5.74, 6) is 0.946. The molecule has 1 aromatic rings. The van der Waals surface area contributed by atoms with E-state index in [0.29, 0.717) is 5.41 Å². The Kier molecular flexibility index (Phi) is 4.23. The first-order valence-electron chi connectivity index (χ1n) is 7.38. The van der Waals surface area contributed by atoms with E-state index in [1.54, 1.807) is 0 Å². The van der Waals surface area contributed by atoms with Gasteiger partial charge in [0.05, 0.1) is 13.1 Å². The maximum Gasteiger partial charge on any atom is 0.165 e. The van der Waals surface area contributed by atoms with Gasteiger partial charge in [0.15, 0.2) is 5.82 Å². The van der Waals surface area contributed by atoms with Gasteiger partial charge in [-0.15, -0.1) is 5.10 Å². The molecular formula is C14H27N5. The van der Waals surface area contributed by atoms with Gasteiger partial charge in [-0.1, -0.05) is 26.2 Å². The highest BCUT2D eigenvalue weighted by atomic mass is 15.5. The standard InChI is InChI=1S/C14H27N5/c1-13(2,3)15-10-12-16-17-18-19(12)11-14(4)8-6-5-7-9-14/h15H,5-11H2,1-4H3. The molecule has 1 aromatic heterocycles. The van der Waals surface area contributed by atoms with Crippen LogP contribution in [-0.2, 0) is 13.1 Å². The molecule has 1 saturated carbocycles. The van der Waals surface area contributed by atoms with Crippen molar-refractivity contribution in [3.05, 3.63) is 5.82 Å². The first kappa shape index (κ1) is 14.4. The second-order valence-corrected chi connectivity index (χ2v) is 7.23. The molecule has 1 N–H and O–H groups in total. The molecule has 0 amide bonds. The number of nitrogens with one attached hydrogen (secondary N) is 1. The van der Waals surface area contributed by atoms with Crippen LogP contribution in [-0.4, -0.2) is 25.7 Å². The lowest BCUT2D eigenvalue weighted by Crippen LogP contribution is -2.36. The Balaban J connectivity index is 1.99. The summed E-state index contributed by atoms with van der Waals surface area (Å²) >= 11 is 0. The number of aromatic nitrogens is 4. The van der Waals surface area contributed by atoms with Crippen LogP contribution in [0.15, 0.2) is 0 Å². The lowest BCUT2D eigenvalue weighted by atomic mass is 9.76. The van der Waals surface area contributed by atoms with Gasteiger partial charge in [-0.05, 0) is 49.5 Å². The molecule has 1 heterocycles. The van der Waals surface area contributed by atoms with Gasteiger partial charge >= 0.3 is 0 Å². The minimum Gasteiger partial charge on any atom is -0.305 e. The summed E-state index contributed by atoms with van der Waals surface area (Å²) in [6, 6.07) is 0. The van der Waals surface area contributed by atoms with E-state index in [2.05, 4.69) is 48.5 Å². The monoisotopic (exact) mass is 265 g/mol.